The summed E-state index contributed by atoms with van der Waals surface area (Å²) in [6.45, 7) is 8.08. The molecule has 1 amide bonds. The lowest BCUT2D eigenvalue weighted by Crippen LogP contribution is -2.41. The van der Waals surface area contributed by atoms with E-state index in [1.807, 2.05) is 52.0 Å². The second kappa shape index (κ2) is 10.5. The van der Waals surface area contributed by atoms with Gasteiger partial charge in [-0.3, -0.25) is 0 Å². The van der Waals surface area contributed by atoms with Gasteiger partial charge in [0.25, 0.3) is 0 Å². The molecule has 1 saturated heterocycles. The molecular weight excluding hydrogens is 496 g/mol. The molecule has 202 valence electrons. The van der Waals surface area contributed by atoms with E-state index in [2.05, 4.69) is 29.6 Å². The van der Waals surface area contributed by atoms with E-state index < -0.39 is 30.2 Å². The maximum absolute atomic E-state index is 14.1. The largest absolute Gasteiger partial charge is 0.496 e. The molecule has 0 bridgehead atoms. The Hall–Kier alpha value is -3.62. The zero-order valence-electron chi connectivity index (χ0n) is 22.9. The fourth-order valence-electron chi connectivity index (χ4n) is 5.04. The Kier molecular flexibility index (Phi) is 7.27. The molecule has 2 aliphatic rings. The van der Waals surface area contributed by atoms with Crippen molar-refractivity contribution in [3.63, 3.8) is 0 Å². The maximum Gasteiger partial charge on any atom is 0.492 e. The molecule has 3 aromatic rings. The van der Waals surface area contributed by atoms with Crippen LogP contribution in [0.1, 0.15) is 50.3 Å². The highest BCUT2D eigenvalue weighted by molar-refractivity contribution is 6.56. The fraction of sp³-hybridized carbons (Fsp3) is 0.323. The van der Waals surface area contributed by atoms with Crippen molar-refractivity contribution >= 4 is 19.3 Å². The van der Waals surface area contributed by atoms with Crippen LogP contribution in [0.15, 0.2) is 72.2 Å². The number of fused-ring (bicyclic) bond motifs is 3. The molecule has 0 atom stereocenters. The molecule has 5 rings (SSSR count). The van der Waals surface area contributed by atoms with Crippen LogP contribution in [-0.2, 0) is 14.0 Å². The number of alkyl carbamates (subject to hydrolysis) is 1. The van der Waals surface area contributed by atoms with Gasteiger partial charge in [-0.25, -0.2) is 9.18 Å². The summed E-state index contributed by atoms with van der Waals surface area (Å²) < 4.78 is 37.7. The standard InChI is InChI=1S/C31H33BFNO5/c1-30(2)31(3,4)39-32(38-30)21(16-20-17-22(33)14-15-28(20)36-5)18-34-29(35)37-19-27-25-12-8-6-10-23(25)24-11-7-9-13-26(24)27/h6-17,27H,18-19H2,1-5H3,(H,34,35). The molecule has 1 N–H and O–H groups in total. The van der Waals surface area contributed by atoms with E-state index in [0.717, 1.165) is 22.3 Å². The summed E-state index contributed by atoms with van der Waals surface area (Å²) in [5.74, 6) is 0.0455. The summed E-state index contributed by atoms with van der Waals surface area (Å²) in [6.07, 6.45) is 1.17. The molecule has 0 unspecified atom stereocenters. The molecule has 6 nitrogen and oxygen atoms in total. The van der Waals surface area contributed by atoms with Gasteiger partial charge in [0, 0.05) is 18.0 Å². The topological polar surface area (TPSA) is 66.0 Å². The Morgan fingerprint density at radius 1 is 0.974 bits per heavy atom. The van der Waals surface area contributed by atoms with Gasteiger partial charge in [-0.1, -0.05) is 54.6 Å². The number of carbonyl (C=O) groups excluding carboxylic acids is 1. The number of benzene rings is 3. The average Bonchev–Trinajstić information content (AvgIpc) is 3.34. The Morgan fingerprint density at radius 3 is 2.15 bits per heavy atom. The molecule has 0 aromatic heterocycles. The summed E-state index contributed by atoms with van der Waals surface area (Å²) >= 11 is 0. The quantitative estimate of drug-likeness (QED) is 0.360. The van der Waals surface area contributed by atoms with E-state index in [9.17, 15) is 9.18 Å². The third-order valence-electron chi connectivity index (χ3n) is 7.87. The highest BCUT2D eigenvalue weighted by atomic mass is 19.1. The van der Waals surface area contributed by atoms with Crippen LogP contribution in [0.25, 0.3) is 17.2 Å². The summed E-state index contributed by atoms with van der Waals surface area (Å²) in [5.41, 5.74) is 4.54. The Labute approximate surface area is 229 Å². The van der Waals surface area contributed by atoms with Gasteiger partial charge in [0.1, 0.15) is 18.2 Å². The van der Waals surface area contributed by atoms with Gasteiger partial charge >= 0.3 is 13.2 Å². The maximum atomic E-state index is 14.1. The predicted octanol–water partition coefficient (Wildman–Crippen LogP) is 6.39. The molecule has 8 heteroatoms. The second-order valence-corrected chi connectivity index (χ2v) is 10.9. The van der Waals surface area contributed by atoms with Crippen molar-refractivity contribution in [2.75, 3.05) is 20.3 Å². The van der Waals surface area contributed by atoms with Crippen LogP contribution in [0.4, 0.5) is 9.18 Å². The van der Waals surface area contributed by atoms with Crippen LogP contribution in [-0.4, -0.2) is 44.7 Å². The Balaban J connectivity index is 1.33. The van der Waals surface area contributed by atoms with E-state index >= 15 is 0 Å². The Morgan fingerprint density at radius 2 is 1.56 bits per heavy atom. The fourth-order valence-corrected chi connectivity index (χ4v) is 5.04. The molecule has 1 fully saturated rings. The van der Waals surface area contributed by atoms with Crippen LogP contribution < -0.4 is 10.1 Å². The van der Waals surface area contributed by atoms with Gasteiger partial charge < -0.3 is 24.1 Å². The first-order chi connectivity index (χ1) is 18.6. The normalized spacial score (nSPS) is 17.5. The summed E-state index contributed by atoms with van der Waals surface area (Å²) in [5, 5.41) is 2.83. The number of carbonyl (C=O) groups is 1. The zero-order valence-corrected chi connectivity index (χ0v) is 22.9. The van der Waals surface area contributed by atoms with Gasteiger partial charge in [0.15, 0.2) is 0 Å². The van der Waals surface area contributed by atoms with Crippen LogP contribution >= 0.6 is 0 Å². The lowest BCUT2D eigenvalue weighted by molar-refractivity contribution is 0.00578. The van der Waals surface area contributed by atoms with Gasteiger partial charge in [-0.05, 0) is 73.6 Å². The number of ether oxygens (including phenoxy) is 2. The third-order valence-corrected chi connectivity index (χ3v) is 7.87. The van der Waals surface area contributed by atoms with Crippen molar-refractivity contribution in [2.24, 2.45) is 0 Å². The smallest absolute Gasteiger partial charge is 0.492 e. The predicted molar refractivity (Wildman–Crippen MR) is 150 cm³/mol. The van der Waals surface area contributed by atoms with E-state index in [-0.39, 0.29) is 19.1 Å². The zero-order chi connectivity index (χ0) is 27.8. The van der Waals surface area contributed by atoms with Crippen molar-refractivity contribution in [1.29, 1.82) is 0 Å². The monoisotopic (exact) mass is 529 g/mol. The first-order valence-electron chi connectivity index (χ1n) is 13.1. The van der Waals surface area contributed by atoms with Crippen LogP contribution in [0.5, 0.6) is 5.75 Å². The van der Waals surface area contributed by atoms with Crippen molar-refractivity contribution in [1.82, 2.24) is 5.32 Å². The van der Waals surface area contributed by atoms with Crippen molar-refractivity contribution < 1.29 is 28.0 Å². The first kappa shape index (κ1) is 27.0. The van der Waals surface area contributed by atoms with E-state index in [1.165, 1.54) is 19.2 Å². The van der Waals surface area contributed by atoms with Crippen LogP contribution in [0, 0.1) is 5.82 Å². The second-order valence-electron chi connectivity index (χ2n) is 10.9. The minimum atomic E-state index is -0.753. The molecule has 3 aromatic carbocycles. The minimum Gasteiger partial charge on any atom is -0.496 e. The van der Waals surface area contributed by atoms with Gasteiger partial charge in [0.05, 0.1) is 18.3 Å². The minimum absolute atomic E-state index is 0.0437. The SMILES string of the molecule is COc1ccc(F)cc1C=C(CNC(=O)OCC1c2ccccc2-c2ccccc21)B1OC(C)(C)C(C)(C)O1. The van der Waals surface area contributed by atoms with Gasteiger partial charge in [-0.15, -0.1) is 0 Å². The van der Waals surface area contributed by atoms with Crippen LogP contribution in [0.3, 0.4) is 0 Å². The summed E-state index contributed by atoms with van der Waals surface area (Å²) in [7, 11) is 0.769. The highest BCUT2D eigenvalue weighted by Crippen LogP contribution is 2.44. The van der Waals surface area contributed by atoms with E-state index in [4.69, 9.17) is 18.8 Å². The van der Waals surface area contributed by atoms with E-state index in [1.54, 1.807) is 12.1 Å². The van der Waals surface area contributed by atoms with Gasteiger partial charge in [0.2, 0.25) is 0 Å². The highest BCUT2D eigenvalue weighted by Gasteiger charge is 2.52. The number of rotatable bonds is 7. The summed E-state index contributed by atoms with van der Waals surface area (Å²) in [6, 6.07) is 20.6. The molecule has 1 aliphatic carbocycles. The molecule has 1 aliphatic heterocycles. The average molecular weight is 529 g/mol. The Bertz CT molecular complexity index is 1360. The summed E-state index contributed by atoms with van der Waals surface area (Å²) in [4.78, 5) is 12.9. The van der Waals surface area contributed by atoms with Crippen molar-refractivity contribution in [3.05, 3.63) is 94.7 Å². The van der Waals surface area contributed by atoms with Crippen molar-refractivity contribution in [2.45, 2.75) is 44.8 Å². The molecule has 0 radical (unpaired) electrons. The molecule has 0 saturated carbocycles. The van der Waals surface area contributed by atoms with Gasteiger partial charge in [-0.2, -0.15) is 0 Å². The molecule has 1 heterocycles. The third kappa shape index (κ3) is 5.31. The number of hydrogen-bond donors (Lipinski definition) is 1. The molecule has 39 heavy (non-hydrogen) atoms. The first-order valence-corrected chi connectivity index (χ1v) is 13.1. The van der Waals surface area contributed by atoms with E-state index in [0.29, 0.717) is 16.8 Å². The number of methoxy groups -OCH3 is 1. The van der Waals surface area contributed by atoms with Crippen LogP contribution in [0.2, 0.25) is 0 Å². The lowest BCUT2D eigenvalue weighted by atomic mass is 9.77. The number of halogens is 1. The lowest BCUT2D eigenvalue weighted by Gasteiger charge is -2.32. The number of hydrogen-bond acceptors (Lipinski definition) is 5. The van der Waals surface area contributed by atoms with Crippen molar-refractivity contribution in [3.8, 4) is 16.9 Å². The number of nitrogens with one attached hydrogen (secondary N) is 1. The molecule has 0 spiro atoms. The molecular formula is C31H33BFNO5. The number of amides is 1.